The second-order valence-corrected chi connectivity index (χ2v) is 5.49. The molecule has 17 heavy (non-hydrogen) atoms. The summed E-state index contributed by atoms with van der Waals surface area (Å²) in [6.07, 6.45) is 0. The van der Waals surface area contributed by atoms with E-state index in [1.54, 1.807) is 18.9 Å². The van der Waals surface area contributed by atoms with Crippen LogP contribution in [0.4, 0.5) is 5.69 Å². The van der Waals surface area contributed by atoms with Gasteiger partial charge in [-0.2, -0.15) is 0 Å². The number of rotatable bonds is 3. The van der Waals surface area contributed by atoms with Crippen LogP contribution in [0.15, 0.2) is 56.7 Å². The normalized spacial score (nSPS) is 10.2. The molecule has 0 heterocycles. The highest BCUT2D eigenvalue weighted by Gasteiger charge is 2.03. The molecule has 0 aromatic heterocycles. The zero-order chi connectivity index (χ0) is 12.3. The minimum absolute atomic E-state index is 0.771. The summed E-state index contributed by atoms with van der Waals surface area (Å²) >= 11 is 5.02. The molecule has 0 fully saturated rings. The summed E-state index contributed by atoms with van der Waals surface area (Å²) in [6, 6.07) is 13.8. The standard InChI is InChI=1S/C13H12BrNOS/c1-16-10-3-2-4-11(8-10)17-13-6-5-9(14)7-12(13)15/h2-8H,15H2,1H3. The molecule has 0 unspecified atom stereocenters. The molecule has 0 radical (unpaired) electrons. The summed E-state index contributed by atoms with van der Waals surface area (Å²) < 4.78 is 6.18. The van der Waals surface area contributed by atoms with Gasteiger partial charge in [0.15, 0.2) is 0 Å². The maximum Gasteiger partial charge on any atom is 0.119 e. The first-order valence-corrected chi connectivity index (χ1v) is 6.67. The Balaban J connectivity index is 2.25. The average Bonchev–Trinajstić information content (AvgIpc) is 2.33. The number of nitrogens with two attached hydrogens (primary N) is 1. The van der Waals surface area contributed by atoms with Gasteiger partial charge in [-0.05, 0) is 36.4 Å². The Morgan fingerprint density at radius 2 is 2.00 bits per heavy atom. The highest BCUT2D eigenvalue weighted by molar-refractivity contribution is 9.10. The van der Waals surface area contributed by atoms with Crippen LogP contribution < -0.4 is 10.5 Å². The second-order valence-electron chi connectivity index (χ2n) is 3.46. The van der Waals surface area contributed by atoms with E-state index < -0.39 is 0 Å². The summed E-state index contributed by atoms with van der Waals surface area (Å²) in [5.41, 5.74) is 6.73. The van der Waals surface area contributed by atoms with Crippen molar-refractivity contribution < 1.29 is 4.74 Å². The van der Waals surface area contributed by atoms with Crippen molar-refractivity contribution in [1.82, 2.24) is 0 Å². The Morgan fingerprint density at radius 3 is 2.71 bits per heavy atom. The first kappa shape index (κ1) is 12.3. The highest BCUT2D eigenvalue weighted by Crippen LogP contribution is 2.34. The topological polar surface area (TPSA) is 35.2 Å². The summed E-state index contributed by atoms with van der Waals surface area (Å²) in [5, 5.41) is 0. The van der Waals surface area contributed by atoms with E-state index in [4.69, 9.17) is 10.5 Å². The van der Waals surface area contributed by atoms with Crippen molar-refractivity contribution >= 4 is 33.4 Å². The van der Waals surface area contributed by atoms with Crippen molar-refractivity contribution in [2.45, 2.75) is 9.79 Å². The lowest BCUT2D eigenvalue weighted by molar-refractivity contribution is 0.413. The maximum atomic E-state index is 5.96. The molecule has 2 rings (SSSR count). The Morgan fingerprint density at radius 1 is 1.18 bits per heavy atom. The van der Waals surface area contributed by atoms with Gasteiger partial charge in [0.25, 0.3) is 0 Å². The molecule has 2 nitrogen and oxygen atoms in total. The number of halogens is 1. The lowest BCUT2D eigenvalue weighted by atomic mass is 10.3. The van der Waals surface area contributed by atoms with Crippen LogP contribution in [-0.2, 0) is 0 Å². The van der Waals surface area contributed by atoms with Crippen molar-refractivity contribution in [3.05, 3.63) is 46.9 Å². The predicted octanol–water partition coefficient (Wildman–Crippen LogP) is 4.19. The summed E-state index contributed by atoms with van der Waals surface area (Å²) in [5.74, 6) is 0.852. The fourth-order valence-electron chi connectivity index (χ4n) is 1.40. The predicted molar refractivity (Wildman–Crippen MR) is 75.7 cm³/mol. The maximum absolute atomic E-state index is 5.96. The molecule has 0 spiro atoms. The molecule has 2 aromatic carbocycles. The largest absolute Gasteiger partial charge is 0.497 e. The molecule has 0 saturated carbocycles. The zero-order valence-electron chi connectivity index (χ0n) is 9.31. The molecule has 0 bridgehead atoms. The van der Waals surface area contributed by atoms with Gasteiger partial charge in [0.2, 0.25) is 0 Å². The molecule has 88 valence electrons. The van der Waals surface area contributed by atoms with E-state index in [1.165, 1.54) is 0 Å². The first-order valence-electron chi connectivity index (χ1n) is 5.06. The fraction of sp³-hybridized carbons (Fsp3) is 0.0769. The highest BCUT2D eigenvalue weighted by atomic mass is 79.9. The Hall–Kier alpha value is -1.13. The molecular weight excluding hydrogens is 298 g/mol. The fourth-order valence-corrected chi connectivity index (χ4v) is 2.67. The van der Waals surface area contributed by atoms with Gasteiger partial charge in [-0.25, -0.2) is 0 Å². The SMILES string of the molecule is COc1cccc(Sc2ccc(Br)cc2N)c1. The molecule has 4 heteroatoms. The number of hydrogen-bond acceptors (Lipinski definition) is 3. The third-order valence-electron chi connectivity index (χ3n) is 2.24. The first-order chi connectivity index (χ1) is 8.19. The van der Waals surface area contributed by atoms with Gasteiger partial charge >= 0.3 is 0 Å². The van der Waals surface area contributed by atoms with Crippen LogP contribution in [0.3, 0.4) is 0 Å². The van der Waals surface area contributed by atoms with Crippen LogP contribution in [-0.4, -0.2) is 7.11 Å². The van der Waals surface area contributed by atoms with Crippen LogP contribution in [0.25, 0.3) is 0 Å². The molecule has 2 N–H and O–H groups in total. The quantitative estimate of drug-likeness (QED) is 0.863. The van der Waals surface area contributed by atoms with Gasteiger partial charge < -0.3 is 10.5 Å². The van der Waals surface area contributed by atoms with Crippen LogP contribution in [0.1, 0.15) is 0 Å². The summed E-state index contributed by atoms with van der Waals surface area (Å²) in [4.78, 5) is 2.15. The Kier molecular flexibility index (Phi) is 3.97. The van der Waals surface area contributed by atoms with Crippen LogP contribution >= 0.6 is 27.7 Å². The summed E-state index contributed by atoms with van der Waals surface area (Å²) in [6.45, 7) is 0. The number of methoxy groups -OCH3 is 1. The van der Waals surface area contributed by atoms with E-state index in [0.29, 0.717) is 0 Å². The molecule has 0 aliphatic carbocycles. The van der Waals surface area contributed by atoms with Gasteiger partial charge in [-0.3, -0.25) is 0 Å². The summed E-state index contributed by atoms with van der Waals surface area (Å²) in [7, 11) is 1.66. The minimum Gasteiger partial charge on any atom is -0.497 e. The van der Waals surface area contributed by atoms with Crippen molar-refractivity contribution in [3.63, 3.8) is 0 Å². The smallest absolute Gasteiger partial charge is 0.119 e. The lowest BCUT2D eigenvalue weighted by Crippen LogP contribution is -1.88. The van der Waals surface area contributed by atoms with Gasteiger partial charge in [0, 0.05) is 20.0 Å². The van der Waals surface area contributed by atoms with E-state index in [0.717, 1.165) is 25.7 Å². The minimum atomic E-state index is 0.771. The van der Waals surface area contributed by atoms with Crippen molar-refractivity contribution in [3.8, 4) is 5.75 Å². The molecule has 0 saturated heterocycles. The van der Waals surface area contributed by atoms with Gasteiger partial charge in [-0.15, -0.1) is 0 Å². The lowest BCUT2D eigenvalue weighted by Gasteiger charge is -2.07. The second kappa shape index (κ2) is 5.47. The van der Waals surface area contributed by atoms with E-state index in [2.05, 4.69) is 15.9 Å². The number of benzene rings is 2. The Labute approximate surface area is 113 Å². The van der Waals surface area contributed by atoms with Crippen LogP contribution in [0.2, 0.25) is 0 Å². The zero-order valence-corrected chi connectivity index (χ0v) is 11.7. The van der Waals surface area contributed by atoms with E-state index in [9.17, 15) is 0 Å². The van der Waals surface area contributed by atoms with Crippen molar-refractivity contribution in [2.75, 3.05) is 12.8 Å². The number of anilines is 1. The van der Waals surface area contributed by atoms with Crippen LogP contribution in [0.5, 0.6) is 5.75 Å². The van der Waals surface area contributed by atoms with Crippen molar-refractivity contribution in [2.24, 2.45) is 0 Å². The van der Waals surface area contributed by atoms with E-state index in [-0.39, 0.29) is 0 Å². The number of ether oxygens (including phenoxy) is 1. The average molecular weight is 310 g/mol. The Bertz CT molecular complexity index is 531. The number of nitrogen functional groups attached to an aromatic ring is 1. The van der Waals surface area contributed by atoms with E-state index >= 15 is 0 Å². The van der Waals surface area contributed by atoms with Crippen molar-refractivity contribution in [1.29, 1.82) is 0 Å². The molecular formula is C13H12BrNOS. The number of hydrogen-bond donors (Lipinski definition) is 1. The third kappa shape index (κ3) is 3.17. The molecule has 0 amide bonds. The van der Waals surface area contributed by atoms with Gasteiger partial charge in [-0.1, -0.05) is 33.8 Å². The monoisotopic (exact) mass is 309 g/mol. The molecule has 2 aromatic rings. The third-order valence-corrected chi connectivity index (χ3v) is 3.82. The van der Waals surface area contributed by atoms with Gasteiger partial charge in [0.05, 0.1) is 7.11 Å². The molecule has 0 aliphatic heterocycles. The molecule has 0 atom stereocenters. The van der Waals surface area contributed by atoms with E-state index in [1.807, 2.05) is 42.5 Å². The van der Waals surface area contributed by atoms with Crippen LogP contribution in [0, 0.1) is 0 Å². The molecule has 0 aliphatic rings. The van der Waals surface area contributed by atoms with Gasteiger partial charge in [0.1, 0.15) is 5.75 Å².